The molecule has 2 aromatic carbocycles. The monoisotopic (exact) mass is 499 g/mol. The van der Waals surface area contributed by atoms with E-state index in [1.54, 1.807) is 23.0 Å². The van der Waals surface area contributed by atoms with Crippen LogP contribution in [0.2, 0.25) is 0 Å². The Labute approximate surface area is 206 Å². The standard InChI is InChI=1S/C24H26FN5O4S/c1-15(21-14-26-29(16(21)2)19-9-7-18(25)8-10-19)27-24(32)22(11-12-35-3)28-23(31)17-5-4-6-20(13-17)30(33)34/h4-10,13-15,22H,11-12H2,1-3H3,(H,27,32)(H,28,31). The summed E-state index contributed by atoms with van der Waals surface area (Å²) in [5.74, 6) is -0.659. The SMILES string of the molecule is CSCCC(NC(=O)c1cccc([N+](=O)[O-])c1)C(=O)NC(C)c1cnn(-c2ccc(F)cc2)c1C. The zero-order valence-corrected chi connectivity index (χ0v) is 20.3. The Kier molecular flexibility index (Phi) is 8.58. The largest absolute Gasteiger partial charge is 0.348 e. The van der Waals surface area contributed by atoms with Gasteiger partial charge in [0, 0.05) is 29.0 Å². The number of rotatable bonds is 10. The van der Waals surface area contributed by atoms with Gasteiger partial charge >= 0.3 is 0 Å². The molecule has 11 heteroatoms. The number of nitrogens with zero attached hydrogens (tertiary/aromatic N) is 3. The minimum absolute atomic E-state index is 0.102. The van der Waals surface area contributed by atoms with E-state index in [4.69, 9.17) is 0 Å². The van der Waals surface area contributed by atoms with Gasteiger partial charge in [-0.05, 0) is 62.6 Å². The van der Waals surface area contributed by atoms with E-state index < -0.39 is 22.9 Å². The normalized spacial score (nSPS) is 12.6. The second-order valence-electron chi connectivity index (χ2n) is 7.92. The van der Waals surface area contributed by atoms with Crippen LogP contribution in [0.5, 0.6) is 0 Å². The van der Waals surface area contributed by atoms with E-state index in [2.05, 4.69) is 15.7 Å². The molecule has 0 fully saturated rings. The third-order valence-electron chi connectivity index (χ3n) is 5.50. The number of nitrogens with one attached hydrogen (secondary N) is 2. The van der Waals surface area contributed by atoms with Crippen LogP contribution in [0.1, 0.15) is 41.0 Å². The smallest absolute Gasteiger partial charge is 0.270 e. The maximum absolute atomic E-state index is 13.3. The first-order valence-corrected chi connectivity index (χ1v) is 12.3. The molecule has 2 amide bonds. The summed E-state index contributed by atoms with van der Waals surface area (Å²) in [4.78, 5) is 36.3. The summed E-state index contributed by atoms with van der Waals surface area (Å²) in [5.41, 5.74) is 2.15. The predicted octanol–water partition coefficient (Wildman–Crippen LogP) is 3.96. The number of amides is 2. The first-order chi connectivity index (χ1) is 16.7. The summed E-state index contributed by atoms with van der Waals surface area (Å²) in [7, 11) is 0. The first kappa shape index (κ1) is 25.9. The number of halogens is 1. The number of aromatic nitrogens is 2. The molecule has 1 heterocycles. The molecule has 2 atom stereocenters. The van der Waals surface area contributed by atoms with Crippen molar-refractivity contribution in [3.63, 3.8) is 0 Å². The summed E-state index contributed by atoms with van der Waals surface area (Å²) in [6, 6.07) is 10.0. The minimum Gasteiger partial charge on any atom is -0.348 e. The van der Waals surface area contributed by atoms with Crippen LogP contribution in [0.15, 0.2) is 54.7 Å². The van der Waals surface area contributed by atoms with Gasteiger partial charge in [0.05, 0.1) is 22.8 Å². The summed E-state index contributed by atoms with van der Waals surface area (Å²) in [6.45, 7) is 3.66. The van der Waals surface area contributed by atoms with Crippen LogP contribution in [0.25, 0.3) is 5.69 Å². The van der Waals surface area contributed by atoms with E-state index in [1.807, 2.05) is 20.1 Å². The molecule has 0 spiro atoms. The molecule has 184 valence electrons. The van der Waals surface area contributed by atoms with Crippen LogP contribution in [0, 0.1) is 22.9 Å². The van der Waals surface area contributed by atoms with E-state index >= 15 is 0 Å². The van der Waals surface area contributed by atoms with Crippen molar-refractivity contribution in [2.75, 3.05) is 12.0 Å². The van der Waals surface area contributed by atoms with Gasteiger partial charge in [0.25, 0.3) is 11.6 Å². The Hall–Kier alpha value is -3.73. The molecule has 0 aliphatic rings. The van der Waals surface area contributed by atoms with Crippen LogP contribution in [-0.4, -0.2) is 44.6 Å². The third-order valence-corrected chi connectivity index (χ3v) is 6.14. The molecule has 1 aromatic heterocycles. The van der Waals surface area contributed by atoms with E-state index in [1.165, 1.54) is 48.2 Å². The fourth-order valence-corrected chi connectivity index (χ4v) is 4.06. The van der Waals surface area contributed by atoms with E-state index in [9.17, 15) is 24.1 Å². The summed E-state index contributed by atoms with van der Waals surface area (Å²) < 4.78 is 14.9. The number of nitro groups is 1. The maximum Gasteiger partial charge on any atom is 0.270 e. The molecular formula is C24H26FN5O4S. The van der Waals surface area contributed by atoms with Crippen molar-refractivity contribution >= 4 is 29.3 Å². The van der Waals surface area contributed by atoms with Crippen molar-refractivity contribution in [3.8, 4) is 5.69 Å². The Morgan fingerprint density at radius 1 is 1.20 bits per heavy atom. The molecule has 2 unspecified atom stereocenters. The van der Waals surface area contributed by atoms with Gasteiger partial charge in [0.2, 0.25) is 5.91 Å². The average molecular weight is 500 g/mol. The molecule has 0 saturated heterocycles. The first-order valence-electron chi connectivity index (χ1n) is 10.9. The van der Waals surface area contributed by atoms with Gasteiger partial charge < -0.3 is 10.6 Å². The number of hydrogen-bond donors (Lipinski definition) is 2. The van der Waals surface area contributed by atoms with Crippen LogP contribution >= 0.6 is 11.8 Å². The highest BCUT2D eigenvalue weighted by molar-refractivity contribution is 7.98. The fourth-order valence-electron chi connectivity index (χ4n) is 3.59. The highest BCUT2D eigenvalue weighted by Crippen LogP contribution is 2.21. The number of hydrogen-bond acceptors (Lipinski definition) is 6. The number of non-ortho nitro benzene ring substituents is 1. The van der Waals surface area contributed by atoms with Crippen molar-refractivity contribution in [3.05, 3.63) is 87.5 Å². The Morgan fingerprint density at radius 2 is 1.91 bits per heavy atom. The van der Waals surface area contributed by atoms with Gasteiger partial charge in [0.15, 0.2) is 0 Å². The highest BCUT2D eigenvalue weighted by atomic mass is 32.2. The summed E-state index contributed by atoms with van der Waals surface area (Å²) in [5, 5.41) is 21.0. The molecule has 9 nitrogen and oxygen atoms in total. The molecular weight excluding hydrogens is 473 g/mol. The van der Waals surface area contributed by atoms with Crippen LogP contribution in [0.4, 0.5) is 10.1 Å². The fraction of sp³-hybridized carbons (Fsp3) is 0.292. The van der Waals surface area contributed by atoms with Gasteiger partial charge in [-0.25, -0.2) is 9.07 Å². The second kappa shape index (κ2) is 11.6. The molecule has 3 aromatic rings. The molecule has 0 aliphatic carbocycles. The molecule has 0 saturated carbocycles. The Bertz CT molecular complexity index is 1210. The number of nitro benzene ring substituents is 1. The lowest BCUT2D eigenvalue weighted by molar-refractivity contribution is -0.384. The number of carbonyl (C=O) groups excluding carboxylic acids is 2. The number of carbonyl (C=O) groups is 2. The van der Waals surface area contributed by atoms with E-state index in [0.717, 1.165) is 11.3 Å². The molecule has 0 bridgehead atoms. The van der Waals surface area contributed by atoms with E-state index in [-0.39, 0.29) is 23.0 Å². The topological polar surface area (TPSA) is 119 Å². The van der Waals surface area contributed by atoms with Crippen molar-refractivity contribution in [1.29, 1.82) is 0 Å². The van der Waals surface area contributed by atoms with Crippen LogP contribution in [-0.2, 0) is 4.79 Å². The summed E-state index contributed by atoms with van der Waals surface area (Å²) >= 11 is 1.54. The number of thioether (sulfide) groups is 1. The van der Waals surface area contributed by atoms with Gasteiger partial charge in [0.1, 0.15) is 11.9 Å². The van der Waals surface area contributed by atoms with Crippen molar-refractivity contribution in [1.82, 2.24) is 20.4 Å². The zero-order chi connectivity index (χ0) is 25.5. The molecule has 0 radical (unpaired) electrons. The molecule has 2 N–H and O–H groups in total. The van der Waals surface area contributed by atoms with Crippen molar-refractivity contribution < 1.29 is 18.9 Å². The average Bonchev–Trinajstić information content (AvgIpc) is 3.23. The van der Waals surface area contributed by atoms with Crippen LogP contribution < -0.4 is 10.6 Å². The number of benzene rings is 2. The zero-order valence-electron chi connectivity index (χ0n) is 19.5. The van der Waals surface area contributed by atoms with Gasteiger partial charge in [-0.2, -0.15) is 16.9 Å². The van der Waals surface area contributed by atoms with Crippen molar-refractivity contribution in [2.45, 2.75) is 32.4 Å². The van der Waals surface area contributed by atoms with Gasteiger partial charge in [-0.3, -0.25) is 19.7 Å². The Morgan fingerprint density at radius 3 is 2.57 bits per heavy atom. The quantitative estimate of drug-likeness (QED) is 0.322. The van der Waals surface area contributed by atoms with Crippen molar-refractivity contribution in [2.24, 2.45) is 0 Å². The molecule has 3 rings (SSSR count). The highest BCUT2D eigenvalue weighted by Gasteiger charge is 2.25. The maximum atomic E-state index is 13.3. The lowest BCUT2D eigenvalue weighted by Gasteiger charge is -2.21. The Balaban J connectivity index is 1.73. The van der Waals surface area contributed by atoms with Gasteiger partial charge in [-0.15, -0.1) is 0 Å². The predicted molar refractivity (Wildman–Crippen MR) is 132 cm³/mol. The third kappa shape index (κ3) is 6.44. The lowest BCUT2D eigenvalue weighted by Crippen LogP contribution is -2.47. The van der Waals surface area contributed by atoms with E-state index in [0.29, 0.717) is 17.9 Å². The lowest BCUT2D eigenvalue weighted by atomic mass is 10.1. The molecule has 35 heavy (non-hydrogen) atoms. The minimum atomic E-state index is -0.830. The molecule has 0 aliphatic heterocycles. The second-order valence-corrected chi connectivity index (χ2v) is 8.90. The van der Waals surface area contributed by atoms with Crippen LogP contribution in [0.3, 0.4) is 0 Å². The summed E-state index contributed by atoms with van der Waals surface area (Å²) in [6.07, 6.45) is 3.92. The van der Waals surface area contributed by atoms with Gasteiger partial charge in [-0.1, -0.05) is 6.07 Å².